The topological polar surface area (TPSA) is 75.4 Å². The highest BCUT2D eigenvalue weighted by Crippen LogP contribution is 2.31. The third-order valence-electron chi connectivity index (χ3n) is 4.75. The van der Waals surface area contributed by atoms with E-state index in [-0.39, 0.29) is 11.8 Å². The first kappa shape index (κ1) is 17.0. The molecule has 1 N–H and O–H groups in total. The SMILES string of the molecule is CC(=O)N1CCc2cc(NC(=O)c3c(-c4ccccc4)noc3C)ccc21. The Morgan fingerprint density at radius 1 is 1.15 bits per heavy atom. The zero-order chi connectivity index (χ0) is 19.0. The number of rotatable bonds is 3. The molecule has 1 aliphatic rings. The zero-order valence-corrected chi connectivity index (χ0v) is 15.2. The van der Waals surface area contributed by atoms with Gasteiger partial charge in [0.05, 0.1) is 0 Å². The number of carbonyl (C=O) groups is 2. The van der Waals surface area contributed by atoms with E-state index in [2.05, 4.69) is 10.5 Å². The summed E-state index contributed by atoms with van der Waals surface area (Å²) in [6.07, 6.45) is 0.778. The normalized spacial score (nSPS) is 12.7. The molecule has 1 aromatic heterocycles. The molecule has 2 amide bonds. The van der Waals surface area contributed by atoms with E-state index in [0.717, 1.165) is 23.2 Å². The largest absolute Gasteiger partial charge is 0.360 e. The van der Waals surface area contributed by atoms with Crippen molar-refractivity contribution in [2.75, 3.05) is 16.8 Å². The van der Waals surface area contributed by atoms with Gasteiger partial charge in [-0.1, -0.05) is 35.5 Å². The van der Waals surface area contributed by atoms with Crippen LogP contribution < -0.4 is 10.2 Å². The maximum Gasteiger partial charge on any atom is 0.261 e. The van der Waals surface area contributed by atoms with E-state index in [1.165, 1.54) is 0 Å². The van der Waals surface area contributed by atoms with Gasteiger partial charge in [-0.05, 0) is 37.1 Å². The number of hydrogen-bond donors (Lipinski definition) is 1. The molecule has 0 saturated carbocycles. The predicted octanol–water partition coefficient (Wildman–Crippen LogP) is 3.81. The van der Waals surface area contributed by atoms with Crippen LogP contribution >= 0.6 is 0 Å². The summed E-state index contributed by atoms with van der Waals surface area (Å²) in [7, 11) is 0. The fraction of sp³-hybridized carbons (Fsp3) is 0.190. The van der Waals surface area contributed by atoms with Crippen molar-refractivity contribution >= 4 is 23.2 Å². The monoisotopic (exact) mass is 361 g/mol. The minimum absolute atomic E-state index is 0.0261. The molecule has 0 spiro atoms. The molecular weight excluding hydrogens is 342 g/mol. The summed E-state index contributed by atoms with van der Waals surface area (Å²) in [6, 6.07) is 15.1. The molecule has 27 heavy (non-hydrogen) atoms. The molecular formula is C21H19N3O3. The Morgan fingerprint density at radius 3 is 2.67 bits per heavy atom. The van der Waals surface area contributed by atoms with E-state index < -0.39 is 0 Å². The molecule has 0 saturated heterocycles. The number of hydrogen-bond acceptors (Lipinski definition) is 4. The van der Waals surface area contributed by atoms with Crippen LogP contribution in [0.2, 0.25) is 0 Å². The Bertz CT molecular complexity index is 1020. The fourth-order valence-electron chi connectivity index (χ4n) is 3.43. The van der Waals surface area contributed by atoms with Crippen LogP contribution in [0.4, 0.5) is 11.4 Å². The number of aryl methyl sites for hydroxylation is 1. The van der Waals surface area contributed by atoms with Crippen LogP contribution in [0.5, 0.6) is 0 Å². The quantitative estimate of drug-likeness (QED) is 0.770. The van der Waals surface area contributed by atoms with Crippen molar-refractivity contribution in [1.29, 1.82) is 0 Å². The summed E-state index contributed by atoms with van der Waals surface area (Å²) in [5.74, 6) is 0.224. The molecule has 1 aliphatic heterocycles. The molecule has 0 radical (unpaired) electrons. The second-order valence-electron chi connectivity index (χ2n) is 6.55. The van der Waals surface area contributed by atoms with Crippen LogP contribution in [0.3, 0.4) is 0 Å². The van der Waals surface area contributed by atoms with E-state index >= 15 is 0 Å². The van der Waals surface area contributed by atoms with E-state index in [1.807, 2.05) is 48.5 Å². The van der Waals surface area contributed by atoms with Crippen LogP contribution in [-0.4, -0.2) is 23.5 Å². The van der Waals surface area contributed by atoms with Crippen molar-refractivity contribution < 1.29 is 14.1 Å². The van der Waals surface area contributed by atoms with Crippen molar-refractivity contribution in [3.8, 4) is 11.3 Å². The van der Waals surface area contributed by atoms with Crippen LogP contribution in [0.15, 0.2) is 53.1 Å². The molecule has 2 aromatic carbocycles. The number of amides is 2. The summed E-state index contributed by atoms with van der Waals surface area (Å²) in [5, 5.41) is 6.98. The molecule has 0 fully saturated rings. The summed E-state index contributed by atoms with van der Waals surface area (Å²) >= 11 is 0. The van der Waals surface area contributed by atoms with Gasteiger partial charge >= 0.3 is 0 Å². The number of aromatic nitrogens is 1. The summed E-state index contributed by atoms with van der Waals surface area (Å²) < 4.78 is 5.27. The molecule has 6 nitrogen and oxygen atoms in total. The number of nitrogens with zero attached hydrogens (tertiary/aromatic N) is 2. The van der Waals surface area contributed by atoms with E-state index in [9.17, 15) is 9.59 Å². The molecule has 0 unspecified atom stereocenters. The number of benzene rings is 2. The molecule has 0 bridgehead atoms. The first-order chi connectivity index (χ1) is 13.0. The predicted molar refractivity (Wildman–Crippen MR) is 103 cm³/mol. The molecule has 136 valence electrons. The molecule has 0 aliphatic carbocycles. The Morgan fingerprint density at radius 2 is 1.93 bits per heavy atom. The highest BCUT2D eigenvalue weighted by Gasteiger charge is 2.24. The minimum atomic E-state index is -0.269. The lowest BCUT2D eigenvalue weighted by Gasteiger charge is -2.15. The van der Waals surface area contributed by atoms with Crippen LogP contribution in [0, 0.1) is 6.92 Å². The Kier molecular flexibility index (Phi) is 4.24. The molecule has 0 atom stereocenters. The van der Waals surface area contributed by atoms with Gasteiger partial charge in [0.25, 0.3) is 5.91 Å². The fourth-order valence-corrected chi connectivity index (χ4v) is 3.43. The highest BCUT2D eigenvalue weighted by atomic mass is 16.5. The second-order valence-corrected chi connectivity index (χ2v) is 6.55. The smallest absolute Gasteiger partial charge is 0.261 e. The maximum absolute atomic E-state index is 12.9. The van der Waals surface area contributed by atoms with Crippen LogP contribution in [0.1, 0.15) is 28.6 Å². The third-order valence-corrected chi connectivity index (χ3v) is 4.75. The number of nitrogens with one attached hydrogen (secondary N) is 1. The maximum atomic E-state index is 12.9. The Hall–Kier alpha value is -3.41. The first-order valence-electron chi connectivity index (χ1n) is 8.78. The van der Waals surface area contributed by atoms with Crippen LogP contribution in [-0.2, 0) is 11.2 Å². The minimum Gasteiger partial charge on any atom is -0.360 e. The lowest BCUT2D eigenvalue weighted by atomic mass is 10.1. The summed E-state index contributed by atoms with van der Waals surface area (Å²) in [6.45, 7) is 3.96. The molecule has 4 rings (SSSR count). The third kappa shape index (κ3) is 3.10. The van der Waals surface area contributed by atoms with Gasteiger partial charge in [-0.15, -0.1) is 0 Å². The molecule has 3 aromatic rings. The number of anilines is 2. The van der Waals surface area contributed by atoms with Crippen molar-refractivity contribution in [2.24, 2.45) is 0 Å². The zero-order valence-electron chi connectivity index (χ0n) is 15.2. The van der Waals surface area contributed by atoms with Gasteiger partial charge in [0.1, 0.15) is 17.0 Å². The second kappa shape index (κ2) is 6.72. The Labute approximate surface area is 156 Å². The number of fused-ring (bicyclic) bond motifs is 1. The molecule has 2 heterocycles. The standard InChI is InChI=1S/C21H19N3O3/c1-13-19(20(23-27-13)15-6-4-3-5-7-15)21(26)22-17-8-9-18-16(12-17)10-11-24(18)14(2)25/h3-9,12H,10-11H2,1-2H3,(H,22,26). The summed E-state index contributed by atoms with van der Waals surface area (Å²) in [5.41, 5.74) is 4.41. The average molecular weight is 361 g/mol. The highest BCUT2D eigenvalue weighted by molar-refractivity contribution is 6.09. The van der Waals surface area contributed by atoms with Gasteiger partial charge in [-0.3, -0.25) is 9.59 Å². The van der Waals surface area contributed by atoms with Gasteiger partial charge in [0.2, 0.25) is 5.91 Å². The Balaban J connectivity index is 1.61. The lowest BCUT2D eigenvalue weighted by Crippen LogP contribution is -2.25. The average Bonchev–Trinajstić information content (AvgIpc) is 3.25. The van der Waals surface area contributed by atoms with E-state index in [1.54, 1.807) is 18.7 Å². The van der Waals surface area contributed by atoms with Crippen molar-refractivity contribution in [2.45, 2.75) is 20.3 Å². The van der Waals surface area contributed by atoms with Crippen LogP contribution in [0.25, 0.3) is 11.3 Å². The van der Waals surface area contributed by atoms with Crippen molar-refractivity contribution in [1.82, 2.24) is 5.16 Å². The van der Waals surface area contributed by atoms with Crippen molar-refractivity contribution in [3.63, 3.8) is 0 Å². The first-order valence-corrected chi connectivity index (χ1v) is 8.78. The lowest BCUT2D eigenvalue weighted by molar-refractivity contribution is -0.116. The number of carbonyl (C=O) groups excluding carboxylic acids is 2. The van der Waals surface area contributed by atoms with E-state index in [4.69, 9.17) is 4.52 Å². The summed E-state index contributed by atoms with van der Waals surface area (Å²) in [4.78, 5) is 26.3. The van der Waals surface area contributed by atoms with Gasteiger partial charge in [-0.2, -0.15) is 0 Å². The van der Waals surface area contributed by atoms with Gasteiger partial charge in [-0.25, -0.2) is 0 Å². The van der Waals surface area contributed by atoms with E-state index in [0.29, 0.717) is 29.2 Å². The van der Waals surface area contributed by atoms with Gasteiger partial charge in [0, 0.05) is 30.4 Å². The van der Waals surface area contributed by atoms with Gasteiger partial charge in [0.15, 0.2) is 0 Å². The molecule has 6 heteroatoms. The van der Waals surface area contributed by atoms with Gasteiger partial charge < -0.3 is 14.7 Å². The van der Waals surface area contributed by atoms with Crippen molar-refractivity contribution in [3.05, 3.63) is 65.4 Å².